The number of hydrogen-bond donors (Lipinski definition) is 2. The second kappa shape index (κ2) is 10.1. The summed E-state index contributed by atoms with van der Waals surface area (Å²) in [6.45, 7) is 6.50. The number of aliphatic imine (C=N–C) groups is 1. The zero-order valence-electron chi connectivity index (χ0n) is 14.3. The molecule has 2 aromatic rings. The first-order valence-corrected chi connectivity index (χ1v) is 9.16. The van der Waals surface area contributed by atoms with E-state index in [1.165, 1.54) is 5.56 Å². The van der Waals surface area contributed by atoms with Gasteiger partial charge in [-0.3, -0.25) is 0 Å². The molecule has 1 atom stereocenters. The summed E-state index contributed by atoms with van der Waals surface area (Å²) in [5, 5.41) is 10.6. The van der Waals surface area contributed by atoms with Crippen LogP contribution in [0.4, 0.5) is 0 Å². The van der Waals surface area contributed by atoms with Crippen molar-refractivity contribution in [3.05, 3.63) is 52.3 Å². The Hall–Kier alpha value is -1.82. The highest BCUT2D eigenvalue weighted by molar-refractivity contribution is 9.10. The van der Waals surface area contributed by atoms with Crippen LogP contribution < -0.4 is 10.6 Å². The molecule has 2 N–H and O–H groups in total. The molecule has 24 heavy (non-hydrogen) atoms. The molecule has 0 saturated carbocycles. The third kappa shape index (κ3) is 6.35. The second-order valence-corrected chi connectivity index (χ2v) is 6.59. The van der Waals surface area contributed by atoms with Gasteiger partial charge in [0, 0.05) is 23.6 Å². The molecule has 0 amide bonds. The number of guanidine groups is 1. The van der Waals surface area contributed by atoms with Crippen LogP contribution in [0.2, 0.25) is 0 Å². The number of aromatic nitrogens is 1. The van der Waals surface area contributed by atoms with Crippen molar-refractivity contribution in [1.82, 2.24) is 15.8 Å². The molecule has 130 valence electrons. The summed E-state index contributed by atoms with van der Waals surface area (Å²) in [4.78, 5) is 4.55. The van der Waals surface area contributed by atoms with Crippen molar-refractivity contribution in [3.63, 3.8) is 0 Å². The highest BCUT2D eigenvalue weighted by Gasteiger charge is 2.09. The third-order valence-corrected chi connectivity index (χ3v) is 4.28. The minimum absolute atomic E-state index is 0.508. The molecule has 0 radical (unpaired) electrons. The maximum atomic E-state index is 4.83. The molecule has 0 fully saturated rings. The molecule has 0 spiro atoms. The van der Waals surface area contributed by atoms with Gasteiger partial charge < -0.3 is 15.2 Å². The Morgan fingerprint density at radius 1 is 1.29 bits per heavy atom. The molecule has 0 bridgehead atoms. The molecule has 0 aliphatic rings. The number of nitrogens with one attached hydrogen (secondary N) is 2. The topological polar surface area (TPSA) is 62.5 Å². The van der Waals surface area contributed by atoms with Gasteiger partial charge in [-0.2, -0.15) is 0 Å². The van der Waals surface area contributed by atoms with E-state index in [4.69, 9.17) is 4.52 Å². The summed E-state index contributed by atoms with van der Waals surface area (Å²) in [5.41, 5.74) is 2.18. The lowest BCUT2D eigenvalue weighted by Gasteiger charge is -2.18. The molecule has 6 heteroatoms. The van der Waals surface area contributed by atoms with Gasteiger partial charge in [0.05, 0.1) is 6.54 Å². The molecule has 1 aromatic heterocycles. The fourth-order valence-corrected chi connectivity index (χ4v) is 2.87. The van der Waals surface area contributed by atoms with Gasteiger partial charge in [0.25, 0.3) is 0 Å². The zero-order valence-corrected chi connectivity index (χ0v) is 15.8. The predicted molar refractivity (Wildman–Crippen MR) is 101 cm³/mol. The van der Waals surface area contributed by atoms with Crippen LogP contribution in [-0.4, -0.2) is 24.2 Å². The molecular weight excluding hydrogens is 368 g/mol. The van der Waals surface area contributed by atoms with E-state index >= 15 is 0 Å². The van der Waals surface area contributed by atoms with Crippen LogP contribution in [0, 0.1) is 5.92 Å². The lowest BCUT2D eigenvalue weighted by atomic mass is 9.97. The fraction of sp³-hybridized carbons (Fsp3) is 0.444. The van der Waals surface area contributed by atoms with Crippen LogP contribution in [-0.2, 0) is 13.0 Å². The molecule has 1 heterocycles. The lowest BCUT2D eigenvalue weighted by Crippen LogP contribution is -2.40. The lowest BCUT2D eigenvalue weighted by molar-refractivity contribution is 0.412. The van der Waals surface area contributed by atoms with E-state index in [-0.39, 0.29) is 0 Å². The van der Waals surface area contributed by atoms with Crippen LogP contribution in [0.25, 0.3) is 0 Å². The average molecular weight is 393 g/mol. The summed E-state index contributed by atoms with van der Waals surface area (Å²) in [6.07, 6.45) is 3.73. The largest absolute Gasteiger partial charge is 0.364 e. The van der Waals surface area contributed by atoms with E-state index < -0.39 is 0 Å². The highest BCUT2D eigenvalue weighted by Crippen LogP contribution is 2.16. The van der Waals surface area contributed by atoms with Crippen molar-refractivity contribution < 1.29 is 4.52 Å². The maximum Gasteiger partial charge on any atom is 0.191 e. The van der Waals surface area contributed by atoms with Crippen molar-refractivity contribution in [2.24, 2.45) is 10.9 Å². The summed E-state index contributed by atoms with van der Waals surface area (Å²) >= 11 is 3.54. The van der Waals surface area contributed by atoms with Gasteiger partial charge in [0.15, 0.2) is 5.96 Å². The van der Waals surface area contributed by atoms with Crippen molar-refractivity contribution in [2.75, 3.05) is 13.1 Å². The van der Waals surface area contributed by atoms with E-state index in [9.17, 15) is 0 Å². The fourth-order valence-electron chi connectivity index (χ4n) is 2.42. The van der Waals surface area contributed by atoms with E-state index in [1.54, 1.807) is 6.26 Å². The normalized spacial score (nSPS) is 12.9. The Morgan fingerprint density at radius 2 is 2.17 bits per heavy atom. The quantitative estimate of drug-likeness (QED) is 0.530. The van der Waals surface area contributed by atoms with E-state index in [1.807, 2.05) is 6.07 Å². The smallest absolute Gasteiger partial charge is 0.191 e. The van der Waals surface area contributed by atoms with Gasteiger partial charge in [0.2, 0.25) is 0 Å². The van der Waals surface area contributed by atoms with Gasteiger partial charge in [0.1, 0.15) is 12.0 Å². The first-order valence-electron chi connectivity index (χ1n) is 8.37. The van der Waals surface area contributed by atoms with Crippen LogP contribution in [0.15, 0.2) is 50.6 Å². The number of halogens is 1. The molecule has 0 aliphatic heterocycles. The molecule has 0 aliphatic carbocycles. The van der Waals surface area contributed by atoms with Crippen molar-refractivity contribution >= 4 is 21.9 Å². The second-order valence-electron chi connectivity index (χ2n) is 5.68. The van der Waals surface area contributed by atoms with Crippen molar-refractivity contribution in [1.29, 1.82) is 0 Å². The van der Waals surface area contributed by atoms with Crippen molar-refractivity contribution in [2.45, 2.75) is 33.2 Å². The molecule has 1 unspecified atom stereocenters. The standard InChI is InChI=1S/C18H25BrN4O/c1-3-14(10-15-6-5-7-16(19)11-15)12-21-18(20-4-2)22-13-17-8-9-24-23-17/h5-9,11,14H,3-4,10,12-13H2,1-2H3,(H2,20,21,22). The summed E-state index contributed by atoms with van der Waals surface area (Å²) in [7, 11) is 0. The molecule has 2 rings (SSSR count). The Bertz CT molecular complexity index is 628. The van der Waals surface area contributed by atoms with Gasteiger partial charge in [-0.15, -0.1) is 0 Å². The number of hydrogen-bond acceptors (Lipinski definition) is 3. The molecular formula is C18H25BrN4O. The molecule has 5 nitrogen and oxygen atoms in total. The van der Waals surface area contributed by atoms with Crippen LogP contribution >= 0.6 is 15.9 Å². The monoisotopic (exact) mass is 392 g/mol. The Labute approximate surface area is 152 Å². The molecule has 0 saturated heterocycles. The van der Waals surface area contributed by atoms with E-state index in [2.05, 4.69) is 74.8 Å². The van der Waals surface area contributed by atoms with E-state index in [0.717, 1.165) is 42.1 Å². The Balaban J connectivity index is 1.89. The summed E-state index contributed by atoms with van der Waals surface area (Å²) in [5.74, 6) is 1.36. The first-order chi connectivity index (χ1) is 11.7. The van der Waals surface area contributed by atoms with Crippen molar-refractivity contribution in [3.8, 4) is 0 Å². The van der Waals surface area contributed by atoms with Crippen LogP contribution in [0.3, 0.4) is 0 Å². The Morgan fingerprint density at radius 3 is 2.83 bits per heavy atom. The maximum absolute atomic E-state index is 4.83. The van der Waals surface area contributed by atoms with Gasteiger partial charge in [-0.05, 0) is 37.0 Å². The third-order valence-electron chi connectivity index (χ3n) is 3.78. The summed E-state index contributed by atoms with van der Waals surface area (Å²) < 4.78 is 5.96. The first kappa shape index (κ1) is 18.5. The number of benzene rings is 1. The van der Waals surface area contributed by atoms with E-state index in [0.29, 0.717) is 12.5 Å². The minimum atomic E-state index is 0.508. The number of nitrogens with zero attached hydrogens (tertiary/aromatic N) is 2. The van der Waals surface area contributed by atoms with Crippen LogP contribution in [0.1, 0.15) is 31.5 Å². The highest BCUT2D eigenvalue weighted by atomic mass is 79.9. The van der Waals surface area contributed by atoms with Gasteiger partial charge in [-0.25, -0.2) is 4.99 Å². The Kier molecular flexibility index (Phi) is 7.82. The number of rotatable bonds is 8. The SMILES string of the molecule is CCNC(=NCc1ccon1)NCC(CC)Cc1cccc(Br)c1. The van der Waals surface area contributed by atoms with Gasteiger partial charge >= 0.3 is 0 Å². The zero-order chi connectivity index (χ0) is 17.2. The average Bonchev–Trinajstić information content (AvgIpc) is 3.09. The molecule has 1 aromatic carbocycles. The van der Waals surface area contributed by atoms with Gasteiger partial charge in [-0.1, -0.05) is 46.6 Å². The van der Waals surface area contributed by atoms with Crippen LogP contribution in [0.5, 0.6) is 0 Å². The summed E-state index contributed by atoms with van der Waals surface area (Å²) in [6, 6.07) is 10.3. The predicted octanol–water partition coefficient (Wildman–Crippen LogP) is 3.76. The minimum Gasteiger partial charge on any atom is -0.364 e.